The van der Waals surface area contributed by atoms with Crippen molar-refractivity contribution >= 4 is 17.4 Å². The average Bonchev–Trinajstić information content (AvgIpc) is 2.92. The van der Waals surface area contributed by atoms with Crippen molar-refractivity contribution in [1.29, 1.82) is 0 Å². The predicted octanol–water partition coefficient (Wildman–Crippen LogP) is 1.78. The zero-order chi connectivity index (χ0) is 14.5. The van der Waals surface area contributed by atoms with Crippen LogP contribution in [0.2, 0.25) is 0 Å². The van der Waals surface area contributed by atoms with Crippen molar-refractivity contribution in [2.75, 3.05) is 40.4 Å². The van der Waals surface area contributed by atoms with Crippen molar-refractivity contribution in [3.8, 4) is 0 Å². The van der Waals surface area contributed by atoms with Crippen LogP contribution in [-0.2, 0) is 4.74 Å². The molecule has 0 aromatic carbocycles. The highest BCUT2D eigenvalue weighted by molar-refractivity contribution is 7.10. The van der Waals surface area contributed by atoms with Crippen LogP contribution in [0.4, 0.5) is 4.79 Å². The lowest BCUT2D eigenvalue weighted by atomic mass is 10.2. The maximum Gasteiger partial charge on any atom is 0.317 e. The number of carbonyl (C=O) groups excluding carboxylic acids is 1. The summed E-state index contributed by atoms with van der Waals surface area (Å²) in [6.07, 6.45) is 0. The fraction of sp³-hybridized carbons (Fsp3) is 0.643. The number of urea groups is 1. The molecule has 0 unspecified atom stereocenters. The second-order valence-electron chi connectivity index (χ2n) is 5.30. The number of hydrogen-bond donors (Lipinski definition) is 1. The molecule has 2 amide bonds. The van der Waals surface area contributed by atoms with E-state index in [1.807, 2.05) is 32.0 Å². The van der Waals surface area contributed by atoms with Gasteiger partial charge in [-0.25, -0.2) is 4.79 Å². The van der Waals surface area contributed by atoms with Gasteiger partial charge in [-0.3, -0.25) is 0 Å². The Morgan fingerprint density at radius 2 is 2.45 bits per heavy atom. The Labute approximate surface area is 124 Å². The summed E-state index contributed by atoms with van der Waals surface area (Å²) < 4.78 is 5.36. The number of thiophene rings is 1. The van der Waals surface area contributed by atoms with Crippen molar-refractivity contribution in [2.24, 2.45) is 0 Å². The van der Waals surface area contributed by atoms with Gasteiger partial charge >= 0.3 is 6.03 Å². The zero-order valence-electron chi connectivity index (χ0n) is 12.3. The van der Waals surface area contributed by atoms with E-state index in [-0.39, 0.29) is 18.1 Å². The summed E-state index contributed by atoms with van der Waals surface area (Å²) in [4.78, 5) is 17.5. The first-order chi connectivity index (χ1) is 9.59. The van der Waals surface area contributed by atoms with Crippen molar-refractivity contribution in [2.45, 2.75) is 19.0 Å². The first kappa shape index (κ1) is 15.3. The zero-order valence-corrected chi connectivity index (χ0v) is 13.2. The summed E-state index contributed by atoms with van der Waals surface area (Å²) in [6.45, 7) is 4.55. The second kappa shape index (κ2) is 7.06. The Hall–Kier alpha value is -1.11. The number of hydrogen-bond acceptors (Lipinski definition) is 4. The van der Waals surface area contributed by atoms with Crippen LogP contribution in [0.15, 0.2) is 17.5 Å². The van der Waals surface area contributed by atoms with E-state index >= 15 is 0 Å². The molecule has 1 aliphatic rings. The SMILES string of the molecule is C[C@@H]1COCCN1C(=O)NC[C@H](c1cccs1)N(C)C. The molecule has 1 saturated heterocycles. The van der Waals surface area contributed by atoms with Crippen LogP contribution in [0.3, 0.4) is 0 Å². The van der Waals surface area contributed by atoms with Gasteiger partial charge in [-0.2, -0.15) is 0 Å². The summed E-state index contributed by atoms with van der Waals surface area (Å²) >= 11 is 1.72. The van der Waals surface area contributed by atoms with Gasteiger partial charge in [0.2, 0.25) is 0 Å². The van der Waals surface area contributed by atoms with Crippen molar-refractivity contribution in [3.63, 3.8) is 0 Å². The molecule has 1 aliphatic heterocycles. The predicted molar refractivity (Wildman–Crippen MR) is 81.1 cm³/mol. The van der Waals surface area contributed by atoms with Gasteiger partial charge in [-0.1, -0.05) is 6.07 Å². The normalized spacial score (nSPS) is 21.0. The largest absolute Gasteiger partial charge is 0.377 e. The van der Waals surface area contributed by atoms with Crippen molar-refractivity contribution in [3.05, 3.63) is 22.4 Å². The number of ether oxygens (including phenoxy) is 1. The molecule has 1 aromatic heterocycles. The summed E-state index contributed by atoms with van der Waals surface area (Å²) in [5.41, 5.74) is 0. The molecule has 2 atom stereocenters. The lowest BCUT2D eigenvalue weighted by Crippen LogP contribution is -2.52. The monoisotopic (exact) mass is 297 g/mol. The maximum atomic E-state index is 12.2. The van der Waals surface area contributed by atoms with Crippen LogP contribution < -0.4 is 5.32 Å². The fourth-order valence-corrected chi connectivity index (χ4v) is 3.26. The number of likely N-dealkylation sites (N-methyl/N-ethyl adjacent to an activating group) is 1. The van der Waals surface area contributed by atoms with Crippen LogP contribution in [0.5, 0.6) is 0 Å². The van der Waals surface area contributed by atoms with E-state index in [0.29, 0.717) is 26.3 Å². The molecule has 112 valence electrons. The third kappa shape index (κ3) is 3.71. The Morgan fingerprint density at radius 1 is 1.65 bits per heavy atom. The topological polar surface area (TPSA) is 44.8 Å². The summed E-state index contributed by atoms with van der Waals surface area (Å²) in [5.74, 6) is 0. The number of nitrogens with one attached hydrogen (secondary N) is 1. The molecule has 20 heavy (non-hydrogen) atoms. The van der Waals surface area contributed by atoms with Crippen LogP contribution in [0, 0.1) is 0 Å². The highest BCUT2D eigenvalue weighted by Gasteiger charge is 2.24. The summed E-state index contributed by atoms with van der Waals surface area (Å²) in [5, 5.41) is 5.12. The molecular formula is C14H23N3O2S. The van der Waals surface area contributed by atoms with E-state index in [4.69, 9.17) is 4.74 Å². The molecule has 1 fully saturated rings. The molecule has 0 spiro atoms. The number of amides is 2. The van der Waals surface area contributed by atoms with E-state index in [9.17, 15) is 4.79 Å². The third-order valence-electron chi connectivity index (χ3n) is 3.57. The first-order valence-electron chi connectivity index (χ1n) is 6.91. The Bertz CT molecular complexity index is 422. The molecule has 6 heteroatoms. The number of carbonyl (C=O) groups is 1. The van der Waals surface area contributed by atoms with Gasteiger partial charge < -0.3 is 19.9 Å². The standard InChI is InChI=1S/C14H23N3O2S/c1-11-10-19-7-6-17(11)14(18)15-9-12(16(2)3)13-5-4-8-20-13/h4-5,8,11-12H,6-7,9-10H2,1-3H3,(H,15,18)/t11-,12-/m1/s1. The van der Waals surface area contributed by atoms with Gasteiger partial charge in [0.25, 0.3) is 0 Å². The molecule has 1 N–H and O–H groups in total. The minimum Gasteiger partial charge on any atom is -0.377 e. The lowest BCUT2D eigenvalue weighted by molar-refractivity contribution is 0.0187. The quantitative estimate of drug-likeness (QED) is 0.921. The van der Waals surface area contributed by atoms with Crippen LogP contribution in [-0.4, -0.2) is 62.3 Å². The maximum absolute atomic E-state index is 12.2. The highest BCUT2D eigenvalue weighted by Crippen LogP contribution is 2.22. The summed E-state index contributed by atoms with van der Waals surface area (Å²) in [7, 11) is 4.07. The van der Waals surface area contributed by atoms with E-state index in [2.05, 4.69) is 21.7 Å². The third-order valence-corrected chi connectivity index (χ3v) is 4.54. The second-order valence-corrected chi connectivity index (χ2v) is 6.28. The van der Waals surface area contributed by atoms with Crippen LogP contribution in [0.25, 0.3) is 0 Å². The van der Waals surface area contributed by atoms with Crippen molar-refractivity contribution in [1.82, 2.24) is 15.1 Å². The van der Waals surface area contributed by atoms with E-state index in [1.54, 1.807) is 11.3 Å². The van der Waals surface area contributed by atoms with E-state index in [1.165, 1.54) is 4.88 Å². The van der Waals surface area contributed by atoms with Gasteiger partial charge in [0.15, 0.2) is 0 Å². The van der Waals surface area contributed by atoms with Crippen molar-refractivity contribution < 1.29 is 9.53 Å². The van der Waals surface area contributed by atoms with Gasteiger partial charge in [0, 0.05) is 18.0 Å². The molecular weight excluding hydrogens is 274 g/mol. The number of morpholine rings is 1. The van der Waals surface area contributed by atoms with Gasteiger partial charge in [0.05, 0.1) is 25.3 Å². The smallest absolute Gasteiger partial charge is 0.317 e. The van der Waals surface area contributed by atoms with Gasteiger partial charge in [-0.05, 0) is 32.5 Å². The molecule has 2 heterocycles. The first-order valence-corrected chi connectivity index (χ1v) is 7.79. The number of nitrogens with zero attached hydrogens (tertiary/aromatic N) is 2. The molecule has 2 rings (SSSR count). The minimum atomic E-state index is 0.00389. The van der Waals surface area contributed by atoms with E-state index in [0.717, 1.165) is 0 Å². The summed E-state index contributed by atoms with van der Waals surface area (Å²) in [6, 6.07) is 4.52. The minimum absolute atomic E-state index is 0.00389. The Balaban J connectivity index is 1.90. The molecule has 0 bridgehead atoms. The van der Waals surface area contributed by atoms with E-state index < -0.39 is 0 Å². The fourth-order valence-electron chi connectivity index (χ4n) is 2.33. The molecule has 5 nitrogen and oxygen atoms in total. The molecule has 0 saturated carbocycles. The highest BCUT2D eigenvalue weighted by atomic mass is 32.1. The Morgan fingerprint density at radius 3 is 3.05 bits per heavy atom. The average molecular weight is 297 g/mol. The van der Waals surface area contributed by atoms with Gasteiger partial charge in [-0.15, -0.1) is 11.3 Å². The van der Waals surface area contributed by atoms with Crippen LogP contribution in [0.1, 0.15) is 17.8 Å². The lowest BCUT2D eigenvalue weighted by Gasteiger charge is -2.34. The number of rotatable bonds is 4. The molecule has 1 aromatic rings. The van der Waals surface area contributed by atoms with Crippen LogP contribution >= 0.6 is 11.3 Å². The Kier molecular flexibility index (Phi) is 5.39. The van der Waals surface area contributed by atoms with Gasteiger partial charge in [0.1, 0.15) is 0 Å². The molecule has 0 aliphatic carbocycles. The molecule has 0 radical (unpaired) electrons.